The molecular formula is C21H28N2O5. The molecule has 3 rings (SSSR count). The number of aliphatic carboxylic acids is 1. The average molecular weight is 388 g/mol. The van der Waals surface area contributed by atoms with Gasteiger partial charge in [0.15, 0.2) is 5.41 Å². The number of piperidine rings is 1. The molecule has 1 aromatic carbocycles. The van der Waals surface area contributed by atoms with Crippen LogP contribution in [0.2, 0.25) is 0 Å². The zero-order valence-corrected chi connectivity index (χ0v) is 16.6. The van der Waals surface area contributed by atoms with Gasteiger partial charge in [-0.15, -0.1) is 0 Å². The first kappa shape index (κ1) is 20.2. The van der Waals surface area contributed by atoms with Crippen LogP contribution in [0.15, 0.2) is 30.3 Å². The van der Waals surface area contributed by atoms with Gasteiger partial charge in [0.05, 0.1) is 12.1 Å². The molecule has 7 heteroatoms. The lowest BCUT2D eigenvalue weighted by atomic mass is 9.78. The van der Waals surface area contributed by atoms with Gasteiger partial charge in [0.25, 0.3) is 0 Å². The highest BCUT2D eigenvalue weighted by atomic mass is 16.6. The van der Waals surface area contributed by atoms with Gasteiger partial charge in [-0.05, 0) is 52.0 Å². The normalized spacial score (nSPS) is 27.2. The summed E-state index contributed by atoms with van der Waals surface area (Å²) in [5.41, 5.74) is -1.30. The third kappa shape index (κ3) is 3.98. The van der Waals surface area contributed by atoms with Crippen LogP contribution in [-0.2, 0) is 20.7 Å². The minimum Gasteiger partial charge on any atom is -0.480 e. The van der Waals surface area contributed by atoms with Crippen LogP contribution >= 0.6 is 0 Å². The molecule has 0 aliphatic carbocycles. The van der Waals surface area contributed by atoms with E-state index < -0.39 is 23.1 Å². The number of carbonyl (C=O) groups is 3. The predicted octanol–water partition coefficient (Wildman–Crippen LogP) is 2.59. The molecule has 2 amide bonds. The van der Waals surface area contributed by atoms with Crippen LogP contribution in [0.3, 0.4) is 0 Å². The Morgan fingerprint density at radius 1 is 1.29 bits per heavy atom. The average Bonchev–Trinajstić information content (AvgIpc) is 2.89. The highest BCUT2D eigenvalue weighted by Crippen LogP contribution is 2.43. The highest BCUT2D eigenvalue weighted by molar-refractivity contribution is 6.04. The number of amides is 2. The van der Waals surface area contributed by atoms with Crippen molar-refractivity contribution in [3.63, 3.8) is 0 Å². The van der Waals surface area contributed by atoms with Gasteiger partial charge < -0.3 is 20.1 Å². The molecule has 0 unspecified atom stereocenters. The number of nitrogens with zero attached hydrogens (tertiary/aromatic N) is 1. The second-order valence-electron chi connectivity index (χ2n) is 8.71. The van der Waals surface area contributed by atoms with Crippen molar-refractivity contribution in [2.75, 3.05) is 6.54 Å². The fourth-order valence-electron chi connectivity index (χ4n) is 4.25. The molecule has 152 valence electrons. The maximum atomic E-state index is 13.2. The van der Waals surface area contributed by atoms with Crippen molar-refractivity contribution in [3.05, 3.63) is 35.9 Å². The molecule has 28 heavy (non-hydrogen) atoms. The molecule has 2 aliphatic rings. The molecule has 0 aromatic heterocycles. The summed E-state index contributed by atoms with van der Waals surface area (Å²) in [6, 6.07) is 8.56. The molecule has 0 saturated carbocycles. The largest absolute Gasteiger partial charge is 0.480 e. The summed E-state index contributed by atoms with van der Waals surface area (Å²) < 4.78 is 5.34. The number of alkyl carbamates (subject to hydrolysis) is 1. The maximum Gasteiger partial charge on any atom is 0.407 e. The molecule has 2 fully saturated rings. The first-order chi connectivity index (χ1) is 13.1. The lowest BCUT2D eigenvalue weighted by Crippen LogP contribution is -2.54. The van der Waals surface area contributed by atoms with E-state index in [-0.39, 0.29) is 30.8 Å². The quantitative estimate of drug-likeness (QED) is 0.773. The summed E-state index contributed by atoms with van der Waals surface area (Å²) in [5, 5.41) is 12.9. The zero-order chi connectivity index (χ0) is 20.5. The van der Waals surface area contributed by atoms with Gasteiger partial charge >= 0.3 is 12.1 Å². The Balaban J connectivity index is 1.82. The third-order valence-electron chi connectivity index (χ3n) is 5.47. The highest BCUT2D eigenvalue weighted by Gasteiger charge is 2.59. The van der Waals surface area contributed by atoms with Crippen LogP contribution in [0.1, 0.15) is 45.6 Å². The van der Waals surface area contributed by atoms with E-state index in [1.807, 2.05) is 30.3 Å². The molecule has 2 heterocycles. The van der Waals surface area contributed by atoms with Gasteiger partial charge in [-0.3, -0.25) is 9.59 Å². The predicted molar refractivity (Wildman–Crippen MR) is 103 cm³/mol. The summed E-state index contributed by atoms with van der Waals surface area (Å²) in [7, 11) is 0. The molecule has 0 spiro atoms. The Kier molecular flexibility index (Phi) is 5.37. The van der Waals surface area contributed by atoms with E-state index in [2.05, 4.69) is 5.32 Å². The van der Waals surface area contributed by atoms with Crippen LogP contribution in [0.4, 0.5) is 4.79 Å². The van der Waals surface area contributed by atoms with E-state index in [1.54, 1.807) is 25.7 Å². The number of benzene rings is 1. The number of carboxylic acid groups (broad SMARTS) is 1. The van der Waals surface area contributed by atoms with E-state index in [0.717, 1.165) is 5.56 Å². The number of carboxylic acids is 1. The van der Waals surface area contributed by atoms with Crippen molar-refractivity contribution in [1.82, 2.24) is 10.2 Å². The molecule has 2 N–H and O–H groups in total. The van der Waals surface area contributed by atoms with Crippen molar-refractivity contribution < 1.29 is 24.2 Å². The van der Waals surface area contributed by atoms with Gasteiger partial charge in [0.2, 0.25) is 5.91 Å². The van der Waals surface area contributed by atoms with Crippen molar-refractivity contribution in [2.45, 2.75) is 64.1 Å². The third-order valence-corrected chi connectivity index (χ3v) is 5.47. The molecule has 3 atom stereocenters. The lowest BCUT2D eigenvalue weighted by Gasteiger charge is -2.37. The van der Waals surface area contributed by atoms with Gasteiger partial charge in [0.1, 0.15) is 5.60 Å². The van der Waals surface area contributed by atoms with Crippen LogP contribution in [0, 0.1) is 5.41 Å². The minimum atomic E-state index is -1.50. The molecule has 2 aliphatic heterocycles. The van der Waals surface area contributed by atoms with Gasteiger partial charge in [-0.25, -0.2) is 4.79 Å². The van der Waals surface area contributed by atoms with Crippen LogP contribution in [0.5, 0.6) is 0 Å². The van der Waals surface area contributed by atoms with E-state index in [9.17, 15) is 19.5 Å². The number of carbonyl (C=O) groups excluding carboxylic acids is 2. The van der Waals surface area contributed by atoms with E-state index >= 15 is 0 Å². The van der Waals surface area contributed by atoms with Crippen molar-refractivity contribution in [3.8, 4) is 0 Å². The number of hydrogen-bond donors (Lipinski definition) is 2. The number of hydrogen-bond acceptors (Lipinski definition) is 4. The van der Waals surface area contributed by atoms with E-state index in [4.69, 9.17) is 4.74 Å². The second-order valence-corrected chi connectivity index (χ2v) is 8.71. The van der Waals surface area contributed by atoms with Crippen molar-refractivity contribution in [1.29, 1.82) is 0 Å². The molecule has 0 radical (unpaired) electrons. The first-order valence-electron chi connectivity index (χ1n) is 9.70. The van der Waals surface area contributed by atoms with Crippen LogP contribution in [0.25, 0.3) is 0 Å². The molecule has 2 saturated heterocycles. The molecule has 1 aromatic rings. The molecule has 0 bridgehead atoms. The Labute approximate surface area is 165 Å². The Bertz CT molecular complexity index is 758. The number of rotatable bonds is 4. The summed E-state index contributed by atoms with van der Waals surface area (Å²) >= 11 is 0. The topological polar surface area (TPSA) is 95.9 Å². The zero-order valence-electron chi connectivity index (χ0n) is 16.6. The molecule has 7 nitrogen and oxygen atoms in total. The number of nitrogens with one attached hydrogen (secondary N) is 1. The van der Waals surface area contributed by atoms with E-state index in [0.29, 0.717) is 19.4 Å². The Morgan fingerprint density at radius 3 is 2.57 bits per heavy atom. The molecular weight excluding hydrogens is 360 g/mol. The monoisotopic (exact) mass is 388 g/mol. The summed E-state index contributed by atoms with van der Waals surface area (Å²) in [5.74, 6) is -1.46. The van der Waals surface area contributed by atoms with Gasteiger partial charge in [-0.2, -0.15) is 0 Å². The van der Waals surface area contributed by atoms with Crippen LogP contribution < -0.4 is 5.32 Å². The van der Waals surface area contributed by atoms with Gasteiger partial charge in [-0.1, -0.05) is 30.3 Å². The van der Waals surface area contributed by atoms with Crippen LogP contribution in [-0.4, -0.2) is 52.2 Å². The Hall–Kier alpha value is -2.57. The van der Waals surface area contributed by atoms with Crippen molar-refractivity contribution in [2.24, 2.45) is 5.41 Å². The second kappa shape index (κ2) is 7.45. The summed E-state index contributed by atoms with van der Waals surface area (Å²) in [6.07, 6.45) is 1.19. The SMILES string of the molecule is CC(C)(C)OC(=O)N[C@H]1CCCN2C(=O)[C@](Cc3ccccc3)(C(=O)O)C[C@H]12. The maximum absolute atomic E-state index is 13.2. The minimum absolute atomic E-state index is 0.147. The summed E-state index contributed by atoms with van der Waals surface area (Å²) in [4.78, 5) is 39.3. The van der Waals surface area contributed by atoms with Gasteiger partial charge in [0, 0.05) is 6.54 Å². The lowest BCUT2D eigenvalue weighted by molar-refractivity contribution is -0.156. The smallest absolute Gasteiger partial charge is 0.407 e. The fourth-order valence-corrected chi connectivity index (χ4v) is 4.25. The number of fused-ring (bicyclic) bond motifs is 1. The number of ether oxygens (including phenoxy) is 1. The van der Waals surface area contributed by atoms with E-state index in [1.165, 1.54) is 0 Å². The van der Waals surface area contributed by atoms with Crippen molar-refractivity contribution >= 4 is 18.0 Å². The summed E-state index contributed by atoms with van der Waals surface area (Å²) in [6.45, 7) is 5.87. The standard InChI is InChI=1S/C21H28N2O5/c1-20(2,3)28-19(27)22-15-10-7-11-23-16(15)13-21(17(23)24,18(25)26)12-14-8-5-4-6-9-14/h4-6,8-9,15-16H,7,10-13H2,1-3H3,(H,22,27)(H,25,26)/t15-,16+,21+/m0/s1. The first-order valence-corrected chi connectivity index (χ1v) is 9.70. The Morgan fingerprint density at radius 2 is 1.96 bits per heavy atom. The fraction of sp³-hybridized carbons (Fsp3) is 0.571.